The molecule has 0 aliphatic carbocycles. The van der Waals surface area contributed by atoms with Crippen LogP contribution in [0.15, 0.2) is 235 Å². The highest BCUT2D eigenvalue weighted by Crippen LogP contribution is 2.45. The van der Waals surface area contributed by atoms with Crippen LogP contribution >= 0.6 is 0 Å². The molecule has 0 saturated carbocycles. The topological polar surface area (TPSA) is 21.3 Å². The molecule has 0 atom stereocenters. The summed E-state index contributed by atoms with van der Waals surface area (Å²) < 4.78 is 9.05. The van der Waals surface area contributed by atoms with E-state index in [-0.39, 0.29) is 0 Å². The number of fused-ring (bicyclic) bond motifs is 7. The summed E-state index contributed by atoms with van der Waals surface area (Å²) in [7, 11) is 0. The summed E-state index contributed by atoms with van der Waals surface area (Å²) in [5, 5.41) is 7.11. The highest BCUT2D eigenvalue weighted by atomic mass is 16.3. The molecule has 0 fully saturated rings. The van der Waals surface area contributed by atoms with Crippen LogP contribution in [-0.2, 0) is 0 Å². The molecule has 12 aromatic rings. The normalized spacial score (nSPS) is 11.6. The minimum absolute atomic E-state index is 0.894. The second kappa shape index (κ2) is 14.3. The molecule has 61 heavy (non-hydrogen) atoms. The van der Waals surface area contributed by atoms with Gasteiger partial charge in [-0.2, -0.15) is 0 Å². The molecule has 3 heteroatoms. The number of furan rings is 1. The summed E-state index contributed by atoms with van der Waals surface area (Å²) in [6.07, 6.45) is 0. The smallest absolute Gasteiger partial charge is 0.143 e. The Morgan fingerprint density at radius 2 is 0.984 bits per heavy atom. The Labute approximate surface area is 353 Å². The molecule has 0 amide bonds. The molecule has 0 aliphatic rings. The Kier molecular flexibility index (Phi) is 8.17. The van der Waals surface area contributed by atoms with E-state index in [9.17, 15) is 0 Å². The Morgan fingerprint density at radius 1 is 0.328 bits per heavy atom. The van der Waals surface area contributed by atoms with Crippen molar-refractivity contribution >= 4 is 71.6 Å². The van der Waals surface area contributed by atoms with Crippen molar-refractivity contribution in [2.45, 2.75) is 0 Å². The summed E-state index contributed by atoms with van der Waals surface area (Å²) >= 11 is 0. The monoisotopic (exact) mass is 778 g/mol. The van der Waals surface area contributed by atoms with Crippen LogP contribution in [0.2, 0.25) is 0 Å². The highest BCUT2D eigenvalue weighted by Gasteiger charge is 2.22. The van der Waals surface area contributed by atoms with Gasteiger partial charge in [0, 0.05) is 49.7 Å². The molecule has 0 spiro atoms. The molecule has 0 aliphatic heterocycles. The number of nitrogens with zero attached hydrogens (tertiary/aromatic N) is 2. The van der Waals surface area contributed by atoms with Crippen LogP contribution in [0.1, 0.15) is 0 Å². The van der Waals surface area contributed by atoms with Gasteiger partial charge in [-0.15, -0.1) is 0 Å². The first kappa shape index (κ1) is 34.9. The molecule has 0 N–H and O–H groups in total. The summed E-state index contributed by atoms with van der Waals surface area (Å²) in [4.78, 5) is 2.39. The van der Waals surface area contributed by atoms with Gasteiger partial charge in [0.1, 0.15) is 11.2 Å². The van der Waals surface area contributed by atoms with Crippen molar-refractivity contribution in [3.63, 3.8) is 0 Å². The maximum absolute atomic E-state index is 6.61. The molecule has 3 nitrogen and oxygen atoms in total. The first-order chi connectivity index (χ1) is 30.3. The lowest BCUT2D eigenvalue weighted by Gasteiger charge is -2.27. The third kappa shape index (κ3) is 5.82. The van der Waals surface area contributed by atoms with E-state index < -0.39 is 0 Å². The van der Waals surface area contributed by atoms with E-state index in [1.54, 1.807) is 0 Å². The second-order valence-corrected chi connectivity index (χ2v) is 15.7. The number of aromatic nitrogens is 1. The van der Waals surface area contributed by atoms with Gasteiger partial charge in [-0.25, -0.2) is 0 Å². The Hall–Kier alpha value is -8.14. The van der Waals surface area contributed by atoms with Crippen molar-refractivity contribution < 1.29 is 4.42 Å². The van der Waals surface area contributed by atoms with E-state index >= 15 is 0 Å². The number of hydrogen-bond donors (Lipinski definition) is 0. The predicted molar refractivity (Wildman–Crippen MR) is 257 cm³/mol. The Bertz CT molecular complexity index is 3600. The number of rotatable bonds is 7. The number of hydrogen-bond acceptors (Lipinski definition) is 2. The van der Waals surface area contributed by atoms with E-state index in [4.69, 9.17) is 4.42 Å². The lowest BCUT2D eigenvalue weighted by molar-refractivity contribution is 0.670. The van der Waals surface area contributed by atoms with E-state index in [1.807, 2.05) is 6.07 Å². The molecular weight excluding hydrogens is 741 g/mol. The van der Waals surface area contributed by atoms with Gasteiger partial charge in [-0.05, 0) is 93.7 Å². The van der Waals surface area contributed by atoms with E-state index in [0.29, 0.717) is 0 Å². The van der Waals surface area contributed by atoms with Crippen molar-refractivity contribution in [3.05, 3.63) is 231 Å². The Balaban J connectivity index is 1.08. The van der Waals surface area contributed by atoms with Crippen LogP contribution in [0.3, 0.4) is 0 Å². The standard InChI is InChI=1S/C58H38N2O/c1-3-17-40(18-4-1)53-37-44(32-34-46(53)42-31-30-39-16-7-8-19-41(39)36-42)59(43-20-5-2-6-21-43)45-33-35-49-47-22-9-12-27-54(47)60(56(49)38-45)55-28-13-10-23-48(55)51-25-15-26-52-50-24-11-14-29-57(50)61-58(51)52/h1-38H. The third-order valence-electron chi connectivity index (χ3n) is 12.2. The van der Waals surface area contributed by atoms with Gasteiger partial charge in [0.25, 0.3) is 0 Å². The molecule has 2 heterocycles. The van der Waals surface area contributed by atoms with Gasteiger partial charge in [-0.3, -0.25) is 0 Å². The zero-order valence-electron chi connectivity index (χ0n) is 33.2. The number of benzene rings is 10. The minimum atomic E-state index is 0.894. The SMILES string of the molecule is c1ccc(-c2cc(N(c3ccccc3)c3ccc4c5ccccc5n(-c5ccccc5-c5cccc6c5oc5ccccc56)c4c3)ccc2-c2ccc3ccccc3c2)cc1. The summed E-state index contributed by atoms with van der Waals surface area (Å²) in [5.74, 6) is 0. The van der Waals surface area contributed by atoms with Crippen molar-refractivity contribution in [2.24, 2.45) is 0 Å². The van der Waals surface area contributed by atoms with Crippen molar-refractivity contribution in [2.75, 3.05) is 4.90 Å². The second-order valence-electron chi connectivity index (χ2n) is 15.7. The molecule has 0 bridgehead atoms. The van der Waals surface area contributed by atoms with E-state index in [1.165, 1.54) is 43.8 Å². The molecule has 12 rings (SSSR count). The van der Waals surface area contributed by atoms with Crippen molar-refractivity contribution in [1.82, 2.24) is 4.57 Å². The maximum Gasteiger partial charge on any atom is 0.143 e. The summed E-state index contributed by atoms with van der Waals surface area (Å²) in [5.41, 5.74) is 15.3. The van der Waals surface area contributed by atoms with Crippen molar-refractivity contribution in [1.29, 1.82) is 0 Å². The van der Waals surface area contributed by atoms with Gasteiger partial charge in [0.15, 0.2) is 0 Å². The first-order valence-electron chi connectivity index (χ1n) is 20.8. The average molecular weight is 779 g/mol. The fourth-order valence-corrected chi connectivity index (χ4v) is 9.37. The molecule has 0 saturated heterocycles. The van der Waals surface area contributed by atoms with Gasteiger partial charge in [0.05, 0.1) is 16.7 Å². The van der Waals surface area contributed by atoms with Gasteiger partial charge >= 0.3 is 0 Å². The largest absolute Gasteiger partial charge is 0.455 e. The highest BCUT2D eigenvalue weighted by molar-refractivity contribution is 6.13. The zero-order valence-corrected chi connectivity index (χ0v) is 33.2. The van der Waals surface area contributed by atoms with Crippen LogP contribution in [0.5, 0.6) is 0 Å². The van der Waals surface area contributed by atoms with Gasteiger partial charge < -0.3 is 13.9 Å². The van der Waals surface area contributed by atoms with Crippen molar-refractivity contribution in [3.8, 4) is 39.1 Å². The predicted octanol–water partition coefficient (Wildman–Crippen LogP) is 16.3. The third-order valence-corrected chi connectivity index (χ3v) is 12.2. The number of anilines is 3. The minimum Gasteiger partial charge on any atom is -0.455 e. The fraction of sp³-hybridized carbons (Fsp3) is 0. The van der Waals surface area contributed by atoms with Gasteiger partial charge in [-0.1, -0.05) is 170 Å². The molecule has 10 aromatic carbocycles. The van der Waals surface area contributed by atoms with Crippen LogP contribution in [0.25, 0.3) is 93.6 Å². The average Bonchev–Trinajstić information content (AvgIpc) is 3.88. The first-order valence-corrected chi connectivity index (χ1v) is 20.8. The quantitative estimate of drug-likeness (QED) is 0.161. The molecule has 0 radical (unpaired) electrons. The molecule has 286 valence electrons. The van der Waals surface area contributed by atoms with Crippen LogP contribution in [-0.4, -0.2) is 4.57 Å². The van der Waals surface area contributed by atoms with Crippen LogP contribution in [0, 0.1) is 0 Å². The molecular formula is C58H38N2O. The summed E-state index contributed by atoms with van der Waals surface area (Å²) in [6, 6.07) is 83.0. The maximum atomic E-state index is 6.61. The van der Waals surface area contributed by atoms with E-state index in [0.717, 1.165) is 66.8 Å². The number of para-hydroxylation sites is 5. The van der Waals surface area contributed by atoms with Crippen LogP contribution in [0.4, 0.5) is 17.1 Å². The van der Waals surface area contributed by atoms with E-state index in [2.05, 4.69) is 234 Å². The molecule has 2 aromatic heterocycles. The fourth-order valence-electron chi connectivity index (χ4n) is 9.37. The lowest BCUT2D eigenvalue weighted by atomic mass is 9.92. The van der Waals surface area contributed by atoms with Crippen LogP contribution < -0.4 is 4.90 Å². The summed E-state index contributed by atoms with van der Waals surface area (Å²) in [6.45, 7) is 0. The zero-order chi connectivity index (χ0) is 40.3. The lowest BCUT2D eigenvalue weighted by Crippen LogP contribution is -2.10. The Morgan fingerprint density at radius 3 is 1.87 bits per heavy atom. The molecule has 0 unspecified atom stereocenters. The van der Waals surface area contributed by atoms with Gasteiger partial charge in [0.2, 0.25) is 0 Å².